The van der Waals surface area contributed by atoms with Crippen LogP contribution in [-0.4, -0.2) is 68.9 Å². The van der Waals surface area contributed by atoms with Gasteiger partial charge in [-0.3, -0.25) is 9.78 Å². The molecule has 5 aliphatic carbocycles. The van der Waals surface area contributed by atoms with E-state index in [9.17, 15) is 9.90 Å². The van der Waals surface area contributed by atoms with Crippen LogP contribution in [0.2, 0.25) is 0 Å². The van der Waals surface area contributed by atoms with E-state index in [1.54, 1.807) is 11.1 Å². The van der Waals surface area contributed by atoms with Crippen LogP contribution in [0.4, 0.5) is 5.69 Å². The summed E-state index contributed by atoms with van der Waals surface area (Å²) in [4.78, 5) is 23.8. The topological polar surface area (TPSA) is 116 Å². The predicted molar refractivity (Wildman–Crippen MR) is 125 cm³/mol. The number of amides is 1. The number of rotatable bonds is 4. The van der Waals surface area contributed by atoms with Gasteiger partial charge in [0.2, 0.25) is 0 Å². The highest BCUT2D eigenvalue weighted by atomic mass is 16.5. The summed E-state index contributed by atoms with van der Waals surface area (Å²) in [6.07, 6.45) is 11.9. The van der Waals surface area contributed by atoms with Gasteiger partial charge in [0, 0.05) is 50.4 Å². The fraction of sp³-hybridized carbons (Fsp3) is 0.600. The molecule has 8 rings (SSSR count). The van der Waals surface area contributed by atoms with Crippen molar-refractivity contribution in [2.75, 3.05) is 31.5 Å². The maximum absolute atomic E-state index is 12.9. The second kappa shape index (κ2) is 7.61. The number of hydrogen-bond donors (Lipinski definition) is 3. The lowest BCUT2D eigenvalue weighted by Gasteiger charge is -2.58. The third-order valence-electron chi connectivity index (χ3n) is 8.60. The molecule has 9 nitrogen and oxygen atoms in total. The summed E-state index contributed by atoms with van der Waals surface area (Å²) < 4.78 is 5.62. The lowest BCUT2D eigenvalue weighted by molar-refractivity contribution is -0.129. The Bertz CT molecular complexity index is 1150. The minimum atomic E-state index is -0.469. The van der Waals surface area contributed by atoms with Gasteiger partial charge in [-0.25, -0.2) is 0 Å². The third-order valence-corrected chi connectivity index (χ3v) is 8.60. The summed E-state index contributed by atoms with van der Waals surface area (Å²) >= 11 is 0. The van der Waals surface area contributed by atoms with Gasteiger partial charge in [0.15, 0.2) is 0 Å². The van der Waals surface area contributed by atoms with E-state index in [2.05, 4.69) is 37.9 Å². The van der Waals surface area contributed by atoms with Crippen molar-refractivity contribution in [3.05, 3.63) is 29.4 Å². The fourth-order valence-corrected chi connectivity index (χ4v) is 7.33. The van der Waals surface area contributed by atoms with Crippen LogP contribution in [0, 0.1) is 17.8 Å². The quantitative estimate of drug-likeness (QED) is 0.633. The predicted octanol–water partition coefficient (Wildman–Crippen LogP) is 2.10. The van der Waals surface area contributed by atoms with Crippen LogP contribution in [0.1, 0.15) is 54.0 Å². The Balaban J connectivity index is 1.22. The molecule has 4 bridgehead atoms. The Hall–Kier alpha value is -2.78. The molecule has 6 aliphatic rings. The first kappa shape index (κ1) is 20.6. The number of fused-ring (bicyclic) bond motifs is 1. The van der Waals surface area contributed by atoms with Crippen LogP contribution in [0.25, 0.3) is 17.5 Å². The Morgan fingerprint density at radius 3 is 2.76 bits per heavy atom. The minimum Gasteiger partial charge on any atom is -0.390 e. The number of carbonyl (C=O) groups excluding carboxylic acids is 1. The van der Waals surface area contributed by atoms with Crippen molar-refractivity contribution >= 4 is 17.7 Å². The van der Waals surface area contributed by atoms with Gasteiger partial charge in [0.1, 0.15) is 0 Å². The summed E-state index contributed by atoms with van der Waals surface area (Å²) in [5, 5.41) is 22.2. The normalized spacial score (nSPS) is 33.4. The molecule has 0 radical (unpaired) electrons. The number of aromatic nitrogens is 3. The lowest BCUT2D eigenvalue weighted by atomic mass is 9.52. The van der Waals surface area contributed by atoms with Gasteiger partial charge in [0.05, 0.1) is 22.5 Å². The SMILES string of the molecule is O=C(c1noc(-c2cnc3c(c2NC2C4CC5CC2CC(O)(C5)C4)C=CC3)n1)N1CCNCC1. The van der Waals surface area contributed by atoms with Crippen LogP contribution in [-0.2, 0) is 6.42 Å². The van der Waals surface area contributed by atoms with Crippen LogP contribution < -0.4 is 10.6 Å². The number of nitrogens with zero attached hydrogens (tertiary/aromatic N) is 4. The largest absolute Gasteiger partial charge is 0.390 e. The molecule has 0 aromatic carbocycles. The molecule has 2 aromatic rings. The first-order valence-electron chi connectivity index (χ1n) is 12.6. The number of piperazine rings is 1. The van der Waals surface area contributed by atoms with E-state index in [0.29, 0.717) is 42.8 Å². The maximum atomic E-state index is 12.9. The first-order valence-corrected chi connectivity index (χ1v) is 12.6. The second-order valence-corrected chi connectivity index (χ2v) is 10.8. The average molecular weight is 463 g/mol. The molecule has 4 saturated carbocycles. The number of aliphatic hydroxyl groups is 1. The van der Waals surface area contributed by atoms with E-state index >= 15 is 0 Å². The van der Waals surface area contributed by atoms with E-state index in [1.165, 1.54) is 12.8 Å². The Morgan fingerprint density at radius 2 is 2.00 bits per heavy atom. The number of hydrogen-bond acceptors (Lipinski definition) is 8. The summed E-state index contributed by atoms with van der Waals surface area (Å²) in [5.41, 5.74) is 3.34. The van der Waals surface area contributed by atoms with Crippen LogP contribution in [0.3, 0.4) is 0 Å². The van der Waals surface area contributed by atoms with Crippen LogP contribution in [0.5, 0.6) is 0 Å². The summed E-state index contributed by atoms with van der Waals surface area (Å²) in [6.45, 7) is 2.81. The van der Waals surface area contributed by atoms with Crippen molar-refractivity contribution in [3.63, 3.8) is 0 Å². The molecule has 1 aliphatic heterocycles. The van der Waals surface area contributed by atoms with E-state index < -0.39 is 5.60 Å². The molecule has 2 aromatic heterocycles. The Morgan fingerprint density at radius 1 is 1.21 bits per heavy atom. The van der Waals surface area contributed by atoms with Crippen LogP contribution in [0.15, 0.2) is 16.8 Å². The molecule has 3 heterocycles. The number of allylic oxidation sites excluding steroid dienone is 1. The van der Waals surface area contributed by atoms with Crippen molar-refractivity contribution in [2.24, 2.45) is 17.8 Å². The molecule has 5 fully saturated rings. The highest BCUT2D eigenvalue weighted by Gasteiger charge is 2.55. The zero-order chi connectivity index (χ0) is 22.9. The van der Waals surface area contributed by atoms with Crippen molar-refractivity contribution in [2.45, 2.75) is 50.2 Å². The standard InChI is InChI=1S/C25H30N6O3/c32-24(31-6-4-26-5-7-31)22-29-23(34-30-22)18-13-27-19-3-1-2-17(19)21(18)28-20-15-8-14-9-16(20)12-25(33,10-14)11-15/h1-2,13-16,20,26,33H,3-12H2,(H,27,28). The average Bonchev–Trinajstić information content (AvgIpc) is 3.50. The van der Waals surface area contributed by atoms with Crippen molar-refractivity contribution in [1.82, 2.24) is 25.3 Å². The van der Waals surface area contributed by atoms with Gasteiger partial charge in [-0.1, -0.05) is 17.3 Å². The summed E-state index contributed by atoms with van der Waals surface area (Å²) in [6, 6.07) is 0.306. The van der Waals surface area contributed by atoms with E-state index in [1.807, 2.05) is 0 Å². The molecule has 34 heavy (non-hydrogen) atoms. The number of nitrogens with one attached hydrogen (secondary N) is 2. The van der Waals surface area contributed by atoms with E-state index in [-0.39, 0.29) is 11.7 Å². The lowest BCUT2D eigenvalue weighted by Crippen LogP contribution is -2.59. The Labute approximate surface area is 198 Å². The molecule has 0 spiro atoms. The van der Waals surface area contributed by atoms with Gasteiger partial charge in [-0.15, -0.1) is 0 Å². The third kappa shape index (κ3) is 3.28. The maximum Gasteiger partial charge on any atom is 0.295 e. The first-order chi connectivity index (χ1) is 16.6. The number of anilines is 1. The van der Waals surface area contributed by atoms with Gasteiger partial charge >= 0.3 is 0 Å². The van der Waals surface area contributed by atoms with Crippen LogP contribution >= 0.6 is 0 Å². The molecule has 1 amide bonds. The van der Waals surface area contributed by atoms with E-state index in [0.717, 1.165) is 61.3 Å². The molecular weight excluding hydrogens is 432 g/mol. The highest BCUT2D eigenvalue weighted by molar-refractivity contribution is 5.91. The molecule has 1 saturated heterocycles. The molecule has 2 unspecified atom stereocenters. The van der Waals surface area contributed by atoms with E-state index in [4.69, 9.17) is 4.52 Å². The smallest absolute Gasteiger partial charge is 0.295 e. The van der Waals surface area contributed by atoms with Gasteiger partial charge in [-0.2, -0.15) is 4.98 Å². The molecular formula is C25H30N6O3. The van der Waals surface area contributed by atoms with Gasteiger partial charge in [0.25, 0.3) is 17.6 Å². The zero-order valence-corrected chi connectivity index (χ0v) is 19.2. The fourth-order valence-electron chi connectivity index (χ4n) is 7.33. The van der Waals surface area contributed by atoms with Crippen molar-refractivity contribution in [3.8, 4) is 11.5 Å². The van der Waals surface area contributed by atoms with Gasteiger partial charge < -0.3 is 25.2 Å². The Kier molecular flexibility index (Phi) is 4.61. The molecule has 2 atom stereocenters. The summed E-state index contributed by atoms with van der Waals surface area (Å²) in [7, 11) is 0. The monoisotopic (exact) mass is 462 g/mol. The second-order valence-electron chi connectivity index (χ2n) is 10.8. The highest BCUT2D eigenvalue weighted by Crippen LogP contribution is 2.56. The number of pyridine rings is 1. The van der Waals surface area contributed by atoms with Crippen molar-refractivity contribution in [1.29, 1.82) is 0 Å². The number of carbonyl (C=O) groups is 1. The molecule has 3 N–H and O–H groups in total. The molecule has 9 heteroatoms. The van der Waals surface area contributed by atoms with Crippen molar-refractivity contribution < 1.29 is 14.4 Å². The zero-order valence-electron chi connectivity index (χ0n) is 19.2. The van der Waals surface area contributed by atoms with Gasteiger partial charge in [-0.05, 0) is 49.9 Å². The molecule has 178 valence electrons. The minimum absolute atomic E-state index is 0.0933. The summed E-state index contributed by atoms with van der Waals surface area (Å²) in [5.74, 6) is 1.79.